The van der Waals surface area contributed by atoms with E-state index in [2.05, 4.69) is 31.1 Å². The van der Waals surface area contributed by atoms with Crippen molar-refractivity contribution in [2.75, 3.05) is 0 Å². The van der Waals surface area contributed by atoms with Crippen LogP contribution in [-0.4, -0.2) is 21.7 Å². The molecule has 0 amide bonds. The van der Waals surface area contributed by atoms with E-state index < -0.39 is 21.4 Å². The van der Waals surface area contributed by atoms with Gasteiger partial charge in [-0.05, 0) is 18.2 Å². The monoisotopic (exact) mass is 1000 g/mol. The highest BCUT2D eigenvalue weighted by molar-refractivity contribution is 7.86. The molecule has 0 radical (unpaired) electrons. The average molecular weight is 1000 g/mol. The molecule has 6 nitrogen and oxygen atoms in total. The van der Waals surface area contributed by atoms with Gasteiger partial charge in [0.2, 0.25) is 0 Å². The fraction of sp³-hybridized carbons (Fsp3) is 0.0952. The summed E-state index contributed by atoms with van der Waals surface area (Å²) in [6.45, 7) is 2.75. The molecule has 0 bridgehead atoms. The minimum Gasteiger partial charge on any atom is -0.309 e. The summed E-state index contributed by atoms with van der Waals surface area (Å²) < 4.78 is 47.6. The van der Waals surface area contributed by atoms with Crippen LogP contribution >= 0.6 is 21.4 Å². The van der Waals surface area contributed by atoms with Crippen LogP contribution in [0.15, 0.2) is 249 Å². The smallest absolute Gasteiger partial charge is 0.175 e. The predicted molar refractivity (Wildman–Crippen MR) is 308 cm³/mol. The third-order valence-corrected chi connectivity index (χ3v) is 23.7. The minimum atomic E-state index is -3.44. The molecule has 11 rings (SSSR count). The Labute approximate surface area is 428 Å². The molecule has 0 N–H and O–H groups in total. The van der Waals surface area contributed by atoms with Crippen molar-refractivity contribution in [1.29, 1.82) is 0 Å². The highest BCUT2D eigenvalue weighted by Gasteiger charge is 2.34. The van der Waals surface area contributed by atoms with E-state index in [0.717, 1.165) is 10.6 Å². The number of aromatic nitrogens is 3. The maximum absolute atomic E-state index is 16.1. The summed E-state index contributed by atoms with van der Waals surface area (Å²) in [4.78, 5) is 15.6. The third kappa shape index (κ3) is 9.28. The van der Waals surface area contributed by atoms with Crippen LogP contribution in [0.3, 0.4) is 0 Å². The molecule has 10 heteroatoms. The highest BCUT2D eigenvalue weighted by Crippen LogP contribution is 2.46. The lowest BCUT2D eigenvalue weighted by Crippen LogP contribution is -2.32. The van der Waals surface area contributed by atoms with E-state index in [4.69, 9.17) is 15.0 Å². The van der Waals surface area contributed by atoms with Crippen LogP contribution in [0.4, 0.5) is 0 Å². The molecule has 1 atom stereocenters. The van der Waals surface area contributed by atoms with Crippen molar-refractivity contribution in [3.63, 3.8) is 0 Å². The van der Waals surface area contributed by atoms with E-state index in [-0.39, 0.29) is 0 Å². The molecule has 0 saturated heterocycles. The maximum atomic E-state index is 16.1. The van der Waals surface area contributed by atoms with Gasteiger partial charge < -0.3 is 13.7 Å². The van der Waals surface area contributed by atoms with Crippen molar-refractivity contribution in [2.45, 2.75) is 38.3 Å². The Morgan fingerprint density at radius 1 is 0.329 bits per heavy atom. The van der Waals surface area contributed by atoms with Crippen molar-refractivity contribution in [2.24, 2.45) is 0 Å². The van der Waals surface area contributed by atoms with Crippen LogP contribution < -0.4 is 53.2 Å². The van der Waals surface area contributed by atoms with E-state index in [0.29, 0.717) is 83.8 Å². The number of hydrogen-bond donors (Lipinski definition) is 0. The Balaban J connectivity index is 1.08. The normalized spacial score (nSPS) is 13.8. The molecule has 1 unspecified atom stereocenters. The van der Waals surface area contributed by atoms with Crippen molar-refractivity contribution in [3.05, 3.63) is 249 Å². The molecule has 1 saturated carbocycles. The molecule has 1 fully saturated rings. The lowest BCUT2D eigenvalue weighted by atomic mass is 9.38. The summed E-state index contributed by atoms with van der Waals surface area (Å²) in [5, 5.41) is 6.26. The summed E-state index contributed by atoms with van der Waals surface area (Å²) in [7, 11) is -10.2. The van der Waals surface area contributed by atoms with Gasteiger partial charge in [0.25, 0.3) is 0 Å². The molecule has 0 spiro atoms. The van der Waals surface area contributed by atoms with E-state index in [1.54, 1.807) is 0 Å². The Morgan fingerprint density at radius 3 is 0.877 bits per heavy atom. The van der Waals surface area contributed by atoms with Crippen molar-refractivity contribution < 1.29 is 13.7 Å². The first-order valence-electron chi connectivity index (χ1n) is 25.0. The van der Waals surface area contributed by atoms with Crippen LogP contribution in [0.1, 0.15) is 25.7 Å². The largest absolute Gasteiger partial charge is 0.309 e. The summed E-state index contributed by atoms with van der Waals surface area (Å²) in [6.07, 6.45) is 5.06. The Hall–Kier alpha value is -7.26. The van der Waals surface area contributed by atoms with Crippen LogP contribution in [0.5, 0.6) is 0 Å². The molecule has 1 aromatic heterocycles. The van der Waals surface area contributed by atoms with Gasteiger partial charge in [-0.1, -0.05) is 274 Å². The third-order valence-electron chi connectivity index (χ3n) is 14.5. The fourth-order valence-electron chi connectivity index (χ4n) is 10.5. The topological polar surface area (TPSA) is 89.9 Å². The summed E-state index contributed by atoms with van der Waals surface area (Å²) in [5.74, 6) is 1.75. The quantitative estimate of drug-likeness (QED) is 0.0796. The molecule has 356 valence electrons. The second-order valence-corrected chi connectivity index (χ2v) is 27.2. The van der Waals surface area contributed by atoms with Crippen LogP contribution in [0.2, 0.25) is 12.6 Å². The molecule has 73 heavy (non-hydrogen) atoms. The SMILES string of the molecule is CB(c1ccc(P(=O)(c2ccccc2)c2cccc(-c3nc(-c4cccc(P(=O)(c5ccccc5)c5ccccc5)c4)nc(-c4cccc(P(=O)(c5ccccc5)c5ccccc5)c4)n3)c2)cc1)C1CCCC1. The number of nitrogens with zero attached hydrogens (tertiary/aromatic N) is 3. The summed E-state index contributed by atoms with van der Waals surface area (Å²) in [5.41, 5.74) is 3.21. The Bertz CT molecular complexity index is 3450. The van der Waals surface area contributed by atoms with Gasteiger partial charge in [-0.15, -0.1) is 0 Å². The van der Waals surface area contributed by atoms with Gasteiger partial charge in [0.15, 0.2) is 45.6 Å². The second kappa shape index (κ2) is 20.7. The first-order valence-corrected chi connectivity index (χ1v) is 30.1. The zero-order valence-corrected chi connectivity index (χ0v) is 43.2. The molecule has 1 heterocycles. The number of benzene rings is 9. The first kappa shape index (κ1) is 48.0. The summed E-state index contributed by atoms with van der Waals surface area (Å²) >= 11 is 0. The van der Waals surface area contributed by atoms with Crippen LogP contribution in [0.25, 0.3) is 34.2 Å². The van der Waals surface area contributed by atoms with Crippen LogP contribution in [0, 0.1) is 0 Å². The molecular weight excluding hydrogens is 950 g/mol. The lowest BCUT2D eigenvalue weighted by Gasteiger charge is -2.22. The highest BCUT2D eigenvalue weighted by atomic mass is 31.2. The van der Waals surface area contributed by atoms with Crippen molar-refractivity contribution in [3.8, 4) is 34.2 Å². The zero-order chi connectivity index (χ0) is 49.8. The second-order valence-electron chi connectivity index (χ2n) is 18.9. The van der Waals surface area contributed by atoms with Gasteiger partial charge in [-0.25, -0.2) is 15.0 Å². The van der Waals surface area contributed by atoms with E-state index in [1.807, 2.05) is 224 Å². The lowest BCUT2D eigenvalue weighted by molar-refractivity contribution is 0.591. The van der Waals surface area contributed by atoms with E-state index in [1.165, 1.54) is 31.1 Å². The number of hydrogen-bond acceptors (Lipinski definition) is 6. The predicted octanol–water partition coefficient (Wildman–Crippen LogP) is 11.1. The van der Waals surface area contributed by atoms with Crippen molar-refractivity contribution in [1.82, 2.24) is 15.0 Å². The van der Waals surface area contributed by atoms with E-state index >= 15 is 13.7 Å². The fourth-order valence-corrected chi connectivity index (χ4v) is 18.6. The molecule has 1 aliphatic carbocycles. The van der Waals surface area contributed by atoms with Gasteiger partial charge in [0.05, 0.1) is 0 Å². The maximum Gasteiger partial charge on any atom is 0.175 e. The van der Waals surface area contributed by atoms with E-state index in [9.17, 15) is 0 Å². The minimum absolute atomic E-state index is 0.359. The molecular formula is C63H53BN3O3P3. The molecule has 9 aromatic carbocycles. The Morgan fingerprint density at radius 2 is 0.589 bits per heavy atom. The number of rotatable bonds is 14. The Kier molecular flexibility index (Phi) is 13.6. The molecule has 10 aromatic rings. The van der Waals surface area contributed by atoms with Gasteiger partial charge in [0, 0.05) is 64.4 Å². The van der Waals surface area contributed by atoms with Crippen molar-refractivity contribution >= 4 is 81.3 Å². The van der Waals surface area contributed by atoms with Gasteiger partial charge >= 0.3 is 0 Å². The molecule has 1 aliphatic rings. The summed E-state index contributed by atoms with van der Waals surface area (Å²) in [6, 6.07) is 79.7. The van der Waals surface area contributed by atoms with Gasteiger partial charge in [0.1, 0.15) is 0 Å². The average Bonchev–Trinajstić information content (AvgIpc) is 4.03. The zero-order valence-electron chi connectivity index (χ0n) is 40.6. The van der Waals surface area contributed by atoms with Crippen LogP contribution in [-0.2, 0) is 13.7 Å². The van der Waals surface area contributed by atoms with Gasteiger partial charge in [-0.3, -0.25) is 0 Å². The standard InChI is InChI=1S/C63H53BN3O3P3/c1-64(50-25-17-18-26-50)51-40-42-57(43-41-51)73(70,56-35-15-6-16-36-56)60-39-21-24-49(46-60)63-66-61(47-22-19-37-58(44-47)71(68,52-27-7-2-8-28-52)53-29-9-3-10-30-53)65-62(67-63)48-23-20-38-59(45-48)72(69,54-31-11-4-12-32-54)55-33-13-5-14-34-55/h2-16,19-24,27-46,50H,17-18,25-26H2,1H3. The molecule has 0 aliphatic heterocycles. The van der Waals surface area contributed by atoms with Gasteiger partial charge in [-0.2, -0.15) is 0 Å². The first-order chi connectivity index (χ1) is 35.7.